The number of hydrogen-bond acceptors (Lipinski definition) is 5. The maximum Gasteiger partial charge on any atom is 0.251 e. The second-order valence-electron chi connectivity index (χ2n) is 4.99. The zero-order chi connectivity index (χ0) is 17.5. The van der Waals surface area contributed by atoms with Gasteiger partial charge in [-0.2, -0.15) is 0 Å². The van der Waals surface area contributed by atoms with E-state index in [1.165, 1.54) is 18.5 Å². The lowest BCUT2D eigenvalue weighted by atomic mass is 10.2. The second kappa shape index (κ2) is 8.73. The van der Waals surface area contributed by atoms with Gasteiger partial charge in [-0.25, -0.2) is 12.7 Å². The van der Waals surface area contributed by atoms with Gasteiger partial charge in [0, 0.05) is 25.7 Å². The molecule has 1 aromatic carbocycles. The number of benzene rings is 1. The maximum absolute atomic E-state index is 12.1. The van der Waals surface area contributed by atoms with Crippen molar-refractivity contribution in [1.82, 2.24) is 9.62 Å². The van der Waals surface area contributed by atoms with Gasteiger partial charge in [-0.1, -0.05) is 0 Å². The smallest absolute Gasteiger partial charge is 0.251 e. The van der Waals surface area contributed by atoms with Crippen molar-refractivity contribution in [1.29, 1.82) is 0 Å². The molecule has 0 aliphatic heterocycles. The van der Waals surface area contributed by atoms with E-state index in [2.05, 4.69) is 5.32 Å². The molecule has 130 valence electrons. The molecular formula is C15H24N2O5S. The summed E-state index contributed by atoms with van der Waals surface area (Å²) in [6.07, 6.45) is 1.68. The average Bonchev–Trinajstić information content (AvgIpc) is 2.50. The van der Waals surface area contributed by atoms with Crippen LogP contribution in [0.4, 0.5) is 0 Å². The number of amides is 1. The van der Waals surface area contributed by atoms with Crippen molar-refractivity contribution >= 4 is 15.9 Å². The Morgan fingerprint density at radius 3 is 2.57 bits per heavy atom. The molecule has 0 saturated heterocycles. The molecule has 0 unspecified atom stereocenters. The Hall–Kier alpha value is -1.80. The van der Waals surface area contributed by atoms with Crippen molar-refractivity contribution in [2.24, 2.45) is 0 Å². The van der Waals surface area contributed by atoms with Gasteiger partial charge in [-0.3, -0.25) is 4.79 Å². The standard InChI is InChI=1S/C15H24N2O5S/c1-5-22-13-8-7-12(11-14(13)21-3)15(18)16-9-6-10-17(2)23(4,19)20/h7-8,11H,5-6,9-10H2,1-4H3,(H,16,18). The summed E-state index contributed by atoms with van der Waals surface area (Å²) in [7, 11) is -0.162. The van der Waals surface area contributed by atoms with Crippen molar-refractivity contribution in [3.05, 3.63) is 23.8 Å². The second-order valence-corrected chi connectivity index (χ2v) is 7.08. The summed E-state index contributed by atoms with van der Waals surface area (Å²) in [6.45, 7) is 3.11. The van der Waals surface area contributed by atoms with E-state index in [0.29, 0.717) is 43.2 Å². The topological polar surface area (TPSA) is 84.9 Å². The fraction of sp³-hybridized carbons (Fsp3) is 0.533. The maximum atomic E-state index is 12.1. The molecule has 0 atom stereocenters. The van der Waals surface area contributed by atoms with Crippen molar-refractivity contribution in [3.8, 4) is 11.5 Å². The highest BCUT2D eigenvalue weighted by atomic mass is 32.2. The van der Waals surface area contributed by atoms with Gasteiger partial charge in [-0.15, -0.1) is 0 Å². The van der Waals surface area contributed by atoms with Crippen molar-refractivity contribution in [2.75, 3.05) is 40.1 Å². The van der Waals surface area contributed by atoms with Gasteiger partial charge in [-0.05, 0) is 31.5 Å². The van der Waals surface area contributed by atoms with Crippen LogP contribution >= 0.6 is 0 Å². The Morgan fingerprint density at radius 2 is 2.00 bits per heavy atom. The van der Waals surface area contributed by atoms with E-state index in [0.717, 1.165) is 6.26 Å². The summed E-state index contributed by atoms with van der Waals surface area (Å²) in [5, 5.41) is 2.75. The van der Waals surface area contributed by atoms with Gasteiger partial charge in [0.05, 0.1) is 20.0 Å². The summed E-state index contributed by atoms with van der Waals surface area (Å²) in [5.74, 6) is 0.839. The molecule has 0 saturated carbocycles. The molecule has 0 radical (unpaired) electrons. The number of carbonyl (C=O) groups is 1. The Bertz CT molecular complexity index is 631. The summed E-state index contributed by atoms with van der Waals surface area (Å²) in [4.78, 5) is 12.1. The van der Waals surface area contributed by atoms with Crippen LogP contribution in [0.5, 0.6) is 11.5 Å². The quantitative estimate of drug-likeness (QED) is 0.678. The van der Waals surface area contributed by atoms with Crippen LogP contribution < -0.4 is 14.8 Å². The average molecular weight is 344 g/mol. The molecule has 23 heavy (non-hydrogen) atoms. The Balaban J connectivity index is 2.55. The van der Waals surface area contributed by atoms with Crippen molar-refractivity contribution in [2.45, 2.75) is 13.3 Å². The van der Waals surface area contributed by atoms with Crippen LogP contribution in [0.25, 0.3) is 0 Å². The fourth-order valence-electron chi connectivity index (χ4n) is 1.86. The minimum atomic E-state index is -3.18. The van der Waals surface area contributed by atoms with Gasteiger partial charge in [0.1, 0.15) is 0 Å². The summed E-state index contributed by atoms with van der Waals surface area (Å²) in [6, 6.07) is 4.96. The van der Waals surface area contributed by atoms with E-state index in [1.54, 1.807) is 18.2 Å². The van der Waals surface area contributed by atoms with Crippen LogP contribution in [0.2, 0.25) is 0 Å². The molecule has 8 heteroatoms. The first-order valence-electron chi connectivity index (χ1n) is 7.30. The largest absolute Gasteiger partial charge is 0.493 e. The summed E-state index contributed by atoms with van der Waals surface area (Å²) >= 11 is 0. The molecule has 0 fully saturated rings. The summed E-state index contributed by atoms with van der Waals surface area (Å²) < 4.78 is 34.4. The van der Waals surface area contributed by atoms with E-state index in [9.17, 15) is 13.2 Å². The SMILES string of the molecule is CCOc1ccc(C(=O)NCCCN(C)S(C)(=O)=O)cc1OC. The van der Waals surface area contributed by atoms with E-state index in [4.69, 9.17) is 9.47 Å². The Kier molecular flexibility index (Phi) is 7.31. The lowest BCUT2D eigenvalue weighted by Gasteiger charge is -2.14. The monoisotopic (exact) mass is 344 g/mol. The first kappa shape index (κ1) is 19.2. The molecule has 0 aliphatic rings. The van der Waals surface area contributed by atoms with Gasteiger partial charge >= 0.3 is 0 Å². The first-order valence-corrected chi connectivity index (χ1v) is 9.14. The van der Waals surface area contributed by atoms with Gasteiger partial charge in [0.2, 0.25) is 10.0 Å². The molecule has 0 aliphatic carbocycles. The number of nitrogens with zero attached hydrogens (tertiary/aromatic N) is 1. The van der Waals surface area contributed by atoms with E-state index < -0.39 is 10.0 Å². The zero-order valence-corrected chi connectivity index (χ0v) is 14.8. The molecule has 7 nitrogen and oxygen atoms in total. The highest BCUT2D eigenvalue weighted by Crippen LogP contribution is 2.27. The first-order chi connectivity index (χ1) is 10.8. The lowest BCUT2D eigenvalue weighted by Crippen LogP contribution is -2.30. The highest BCUT2D eigenvalue weighted by molar-refractivity contribution is 7.88. The molecule has 0 spiro atoms. The van der Waals surface area contributed by atoms with Gasteiger partial charge < -0.3 is 14.8 Å². The van der Waals surface area contributed by atoms with Crippen LogP contribution in [0.3, 0.4) is 0 Å². The number of nitrogens with one attached hydrogen (secondary N) is 1. The number of hydrogen-bond donors (Lipinski definition) is 1. The van der Waals surface area contributed by atoms with Crippen LogP contribution in [-0.4, -0.2) is 58.7 Å². The fourth-order valence-corrected chi connectivity index (χ4v) is 2.32. The number of sulfonamides is 1. The predicted octanol–water partition coefficient (Wildman–Crippen LogP) is 1.11. The van der Waals surface area contributed by atoms with E-state index >= 15 is 0 Å². The molecule has 0 bridgehead atoms. The molecule has 1 N–H and O–H groups in total. The van der Waals surface area contributed by atoms with Crippen molar-refractivity contribution in [3.63, 3.8) is 0 Å². The lowest BCUT2D eigenvalue weighted by molar-refractivity contribution is 0.0952. The molecule has 0 heterocycles. The Labute approximate surface area is 137 Å². The highest BCUT2D eigenvalue weighted by Gasteiger charge is 2.12. The van der Waals surface area contributed by atoms with Crippen molar-refractivity contribution < 1.29 is 22.7 Å². The minimum absolute atomic E-state index is 0.242. The Morgan fingerprint density at radius 1 is 1.30 bits per heavy atom. The molecule has 1 amide bonds. The summed E-state index contributed by atoms with van der Waals surface area (Å²) in [5.41, 5.74) is 0.460. The van der Waals surface area contributed by atoms with Gasteiger partial charge in [0.15, 0.2) is 11.5 Å². The third kappa shape index (κ3) is 6.07. The predicted molar refractivity (Wildman–Crippen MR) is 88.6 cm³/mol. The molecular weight excluding hydrogens is 320 g/mol. The number of carbonyl (C=O) groups excluding carboxylic acids is 1. The number of ether oxygens (including phenoxy) is 2. The van der Waals surface area contributed by atoms with E-state index in [1.807, 2.05) is 6.92 Å². The number of methoxy groups -OCH3 is 1. The van der Waals surface area contributed by atoms with E-state index in [-0.39, 0.29) is 5.91 Å². The van der Waals surface area contributed by atoms with Crippen LogP contribution in [0, 0.1) is 0 Å². The van der Waals surface area contributed by atoms with Crippen LogP contribution in [0.15, 0.2) is 18.2 Å². The van der Waals surface area contributed by atoms with Crippen LogP contribution in [-0.2, 0) is 10.0 Å². The van der Waals surface area contributed by atoms with Crippen LogP contribution in [0.1, 0.15) is 23.7 Å². The normalized spacial score (nSPS) is 11.3. The van der Waals surface area contributed by atoms with Gasteiger partial charge in [0.25, 0.3) is 5.91 Å². The number of rotatable bonds is 9. The minimum Gasteiger partial charge on any atom is -0.493 e. The molecule has 1 aromatic rings. The molecule has 1 rings (SSSR count). The zero-order valence-electron chi connectivity index (χ0n) is 14.0. The third-order valence-electron chi connectivity index (χ3n) is 3.23. The third-order valence-corrected chi connectivity index (χ3v) is 4.54. The molecule has 0 aromatic heterocycles.